The number of fused-ring (bicyclic) bond motifs is 1. The van der Waals surface area contributed by atoms with Crippen molar-refractivity contribution in [2.75, 3.05) is 13.6 Å². The van der Waals surface area contributed by atoms with Gasteiger partial charge in [-0.1, -0.05) is 19.9 Å². The largest absolute Gasteiger partial charge is 0.302 e. The first kappa shape index (κ1) is 10.6. The molecule has 2 heteroatoms. The van der Waals surface area contributed by atoms with Gasteiger partial charge in [-0.25, -0.2) is 4.39 Å². The Hall–Kier alpha value is -0.890. The second kappa shape index (κ2) is 3.93. The summed E-state index contributed by atoms with van der Waals surface area (Å²) in [7, 11) is 2.11. The standard InChI is InChI=1S/C13H18FN/c1-9(2)12-6-11-8-15(3)5-4-10(11)7-13(12)14/h6-7,9H,4-5,8H2,1-3H3. The highest BCUT2D eigenvalue weighted by atomic mass is 19.1. The zero-order chi connectivity index (χ0) is 11.0. The van der Waals surface area contributed by atoms with Gasteiger partial charge in [-0.05, 0) is 42.1 Å². The second-order valence-corrected chi connectivity index (χ2v) is 4.78. The molecular weight excluding hydrogens is 189 g/mol. The number of hydrogen-bond acceptors (Lipinski definition) is 1. The Morgan fingerprint density at radius 1 is 1.27 bits per heavy atom. The molecule has 2 rings (SSSR count). The third-order valence-electron chi connectivity index (χ3n) is 3.14. The van der Waals surface area contributed by atoms with E-state index < -0.39 is 0 Å². The maximum Gasteiger partial charge on any atom is 0.126 e. The first-order valence-corrected chi connectivity index (χ1v) is 5.57. The van der Waals surface area contributed by atoms with Gasteiger partial charge in [0.15, 0.2) is 0 Å². The Bertz CT molecular complexity index is 371. The van der Waals surface area contributed by atoms with Gasteiger partial charge in [-0.2, -0.15) is 0 Å². The molecule has 0 radical (unpaired) electrons. The van der Waals surface area contributed by atoms with E-state index in [-0.39, 0.29) is 11.7 Å². The summed E-state index contributed by atoms with van der Waals surface area (Å²) in [4.78, 5) is 2.28. The van der Waals surface area contributed by atoms with Gasteiger partial charge in [0.05, 0.1) is 0 Å². The summed E-state index contributed by atoms with van der Waals surface area (Å²) in [6.07, 6.45) is 0.973. The van der Waals surface area contributed by atoms with E-state index >= 15 is 0 Å². The van der Waals surface area contributed by atoms with Gasteiger partial charge in [0.1, 0.15) is 5.82 Å². The molecular formula is C13H18FN. The number of likely N-dealkylation sites (N-methyl/N-ethyl adjacent to an activating group) is 1. The molecule has 82 valence electrons. The van der Waals surface area contributed by atoms with Gasteiger partial charge >= 0.3 is 0 Å². The average Bonchev–Trinajstić information content (AvgIpc) is 2.17. The van der Waals surface area contributed by atoms with Crippen LogP contribution in [0.4, 0.5) is 4.39 Å². The van der Waals surface area contributed by atoms with Crippen LogP contribution in [0, 0.1) is 5.82 Å². The Balaban J connectivity index is 2.42. The normalized spacial score (nSPS) is 16.9. The van der Waals surface area contributed by atoms with Gasteiger partial charge in [0, 0.05) is 13.1 Å². The fourth-order valence-corrected chi connectivity index (χ4v) is 2.18. The summed E-state index contributed by atoms with van der Waals surface area (Å²) in [6.45, 7) is 6.07. The number of benzene rings is 1. The van der Waals surface area contributed by atoms with Crippen LogP contribution in [0.15, 0.2) is 12.1 Å². The molecule has 0 saturated carbocycles. The van der Waals surface area contributed by atoms with Crippen LogP contribution < -0.4 is 0 Å². The number of rotatable bonds is 1. The minimum Gasteiger partial charge on any atom is -0.302 e. The lowest BCUT2D eigenvalue weighted by Crippen LogP contribution is -2.26. The Morgan fingerprint density at radius 2 is 2.00 bits per heavy atom. The Morgan fingerprint density at radius 3 is 2.67 bits per heavy atom. The van der Waals surface area contributed by atoms with Crippen LogP contribution in [-0.2, 0) is 13.0 Å². The number of halogens is 1. The summed E-state index contributed by atoms with van der Waals surface area (Å²) in [5.74, 6) is 0.232. The lowest BCUT2D eigenvalue weighted by molar-refractivity contribution is 0.312. The van der Waals surface area contributed by atoms with Crippen LogP contribution >= 0.6 is 0 Å². The predicted molar refractivity (Wildman–Crippen MR) is 60.5 cm³/mol. The summed E-state index contributed by atoms with van der Waals surface area (Å²) in [5.41, 5.74) is 3.34. The first-order valence-electron chi connectivity index (χ1n) is 5.57. The summed E-state index contributed by atoms with van der Waals surface area (Å²) < 4.78 is 13.7. The molecule has 1 aromatic carbocycles. The van der Waals surface area contributed by atoms with E-state index in [0.717, 1.165) is 25.1 Å². The summed E-state index contributed by atoms with van der Waals surface area (Å²) in [5, 5.41) is 0. The molecule has 0 aromatic heterocycles. The molecule has 0 N–H and O–H groups in total. The van der Waals surface area contributed by atoms with Gasteiger partial charge < -0.3 is 4.90 Å². The smallest absolute Gasteiger partial charge is 0.126 e. The van der Waals surface area contributed by atoms with Crippen LogP contribution in [0.1, 0.15) is 36.5 Å². The van der Waals surface area contributed by atoms with Gasteiger partial charge in [0.25, 0.3) is 0 Å². The van der Waals surface area contributed by atoms with Crippen LogP contribution in [-0.4, -0.2) is 18.5 Å². The second-order valence-electron chi connectivity index (χ2n) is 4.78. The molecule has 1 heterocycles. The van der Waals surface area contributed by atoms with Crippen LogP contribution in [0.5, 0.6) is 0 Å². The van der Waals surface area contributed by atoms with Crippen LogP contribution in [0.3, 0.4) is 0 Å². The molecule has 0 amide bonds. The maximum atomic E-state index is 13.7. The zero-order valence-electron chi connectivity index (χ0n) is 9.68. The van der Waals surface area contributed by atoms with Crippen LogP contribution in [0.2, 0.25) is 0 Å². The van der Waals surface area contributed by atoms with Crippen molar-refractivity contribution in [1.82, 2.24) is 4.90 Å². The van der Waals surface area contributed by atoms with E-state index in [1.807, 2.05) is 19.9 Å². The zero-order valence-corrected chi connectivity index (χ0v) is 9.68. The van der Waals surface area contributed by atoms with Crippen molar-refractivity contribution < 1.29 is 4.39 Å². The molecule has 1 nitrogen and oxygen atoms in total. The Kier molecular flexibility index (Phi) is 2.79. The minimum absolute atomic E-state index is 0.0340. The van der Waals surface area contributed by atoms with Crippen molar-refractivity contribution in [1.29, 1.82) is 0 Å². The van der Waals surface area contributed by atoms with Crippen molar-refractivity contribution >= 4 is 0 Å². The first-order chi connectivity index (χ1) is 7.08. The SMILES string of the molecule is CC(C)c1cc2c(cc1F)CCN(C)C2. The predicted octanol–water partition coefficient (Wildman–Crippen LogP) is 2.94. The van der Waals surface area contributed by atoms with E-state index in [9.17, 15) is 4.39 Å². The van der Waals surface area contributed by atoms with Gasteiger partial charge in [-0.15, -0.1) is 0 Å². The molecule has 15 heavy (non-hydrogen) atoms. The van der Waals surface area contributed by atoms with Crippen LogP contribution in [0.25, 0.3) is 0 Å². The fraction of sp³-hybridized carbons (Fsp3) is 0.538. The van der Waals surface area contributed by atoms with Gasteiger partial charge in [0.2, 0.25) is 0 Å². The summed E-state index contributed by atoms with van der Waals surface area (Å²) >= 11 is 0. The number of hydrogen-bond donors (Lipinski definition) is 0. The molecule has 0 fully saturated rings. The van der Waals surface area contributed by atoms with E-state index in [4.69, 9.17) is 0 Å². The molecule has 1 aliphatic heterocycles. The quantitative estimate of drug-likeness (QED) is 0.684. The molecule has 1 aromatic rings. The maximum absolute atomic E-state index is 13.7. The van der Waals surface area contributed by atoms with Crippen molar-refractivity contribution in [2.45, 2.75) is 32.7 Å². The molecule has 0 saturated heterocycles. The third kappa shape index (κ3) is 2.05. The Labute approximate surface area is 90.9 Å². The van der Waals surface area contributed by atoms with E-state index in [2.05, 4.69) is 11.9 Å². The molecule has 0 spiro atoms. The van der Waals surface area contributed by atoms with E-state index in [0.29, 0.717) is 0 Å². The average molecular weight is 207 g/mol. The lowest BCUT2D eigenvalue weighted by Gasteiger charge is -2.26. The van der Waals surface area contributed by atoms with Crippen molar-refractivity contribution in [2.24, 2.45) is 0 Å². The molecule has 0 unspecified atom stereocenters. The molecule has 0 atom stereocenters. The van der Waals surface area contributed by atoms with E-state index in [1.165, 1.54) is 11.1 Å². The lowest BCUT2D eigenvalue weighted by atomic mass is 9.93. The third-order valence-corrected chi connectivity index (χ3v) is 3.14. The number of nitrogens with zero attached hydrogens (tertiary/aromatic N) is 1. The highest BCUT2D eigenvalue weighted by Gasteiger charge is 2.17. The topological polar surface area (TPSA) is 3.24 Å². The summed E-state index contributed by atoms with van der Waals surface area (Å²) in [6, 6.07) is 3.78. The molecule has 0 aliphatic carbocycles. The van der Waals surface area contributed by atoms with Crippen molar-refractivity contribution in [3.05, 3.63) is 34.6 Å². The highest BCUT2D eigenvalue weighted by molar-refractivity contribution is 5.36. The van der Waals surface area contributed by atoms with E-state index in [1.54, 1.807) is 6.07 Å². The molecule has 0 bridgehead atoms. The van der Waals surface area contributed by atoms with Crippen molar-refractivity contribution in [3.63, 3.8) is 0 Å². The fourth-order valence-electron chi connectivity index (χ4n) is 2.18. The molecule has 1 aliphatic rings. The van der Waals surface area contributed by atoms with Crippen molar-refractivity contribution in [3.8, 4) is 0 Å². The monoisotopic (exact) mass is 207 g/mol. The van der Waals surface area contributed by atoms with Gasteiger partial charge in [-0.3, -0.25) is 0 Å². The minimum atomic E-state index is -0.0340. The highest BCUT2D eigenvalue weighted by Crippen LogP contribution is 2.26.